The second kappa shape index (κ2) is 6.40. The van der Waals surface area contributed by atoms with Crippen molar-refractivity contribution in [2.45, 2.75) is 13.8 Å². The molecule has 0 spiro atoms. The van der Waals surface area contributed by atoms with E-state index in [0.717, 1.165) is 5.56 Å². The summed E-state index contributed by atoms with van der Waals surface area (Å²) in [6.45, 7) is 4.00. The minimum absolute atomic E-state index is 0.330. The molecule has 0 bridgehead atoms. The molecular weight excluding hydrogens is 245 g/mol. The molecule has 3 nitrogen and oxygen atoms in total. The lowest BCUT2D eigenvalue weighted by Crippen LogP contribution is -1.89. The molecule has 0 aliphatic rings. The van der Waals surface area contributed by atoms with Gasteiger partial charge in [0.15, 0.2) is 5.82 Å². The molecule has 0 aromatic carbocycles. The first-order valence-corrected chi connectivity index (χ1v) is 5.62. The normalized spacial score (nSPS) is 9.25. The second-order valence-electron chi connectivity index (χ2n) is 2.57. The zero-order valence-corrected chi connectivity index (χ0v) is 10.5. The van der Waals surface area contributed by atoms with E-state index >= 15 is 0 Å². The number of hydrogen-bond donors (Lipinski definition) is 0. The Morgan fingerprint density at radius 1 is 0.938 bits per heavy atom. The topological polar surface area (TPSA) is 38.7 Å². The molecule has 0 radical (unpaired) electrons. The third kappa shape index (κ3) is 3.43. The minimum Gasteiger partial charge on any atom is -0.265 e. The average molecular weight is 256 g/mol. The van der Waals surface area contributed by atoms with Gasteiger partial charge in [-0.1, -0.05) is 37.0 Å². The maximum atomic E-state index is 5.75. The number of aromatic nitrogens is 3. The summed E-state index contributed by atoms with van der Waals surface area (Å²) in [6.07, 6.45) is 3.32. The van der Waals surface area contributed by atoms with Gasteiger partial charge in [0.2, 0.25) is 0 Å². The standard InChI is InChI=1S/C9H5Cl2N3.C2H6/c10-7-5-8(11)14-9(13-7)6-1-3-12-4-2-6;1-2/h1-5H;1-2H3. The monoisotopic (exact) mass is 255 g/mol. The van der Waals surface area contributed by atoms with Crippen LogP contribution in [0.5, 0.6) is 0 Å². The zero-order chi connectivity index (χ0) is 12.0. The molecule has 5 heteroatoms. The van der Waals surface area contributed by atoms with Crippen LogP contribution in [0.25, 0.3) is 11.4 Å². The fourth-order valence-corrected chi connectivity index (χ4v) is 1.44. The molecule has 2 rings (SSSR count). The molecule has 0 fully saturated rings. The Morgan fingerprint density at radius 2 is 1.44 bits per heavy atom. The molecule has 2 aromatic rings. The van der Waals surface area contributed by atoms with E-state index in [1.54, 1.807) is 24.5 Å². The highest BCUT2D eigenvalue weighted by Crippen LogP contribution is 2.19. The first kappa shape index (κ1) is 12.9. The molecule has 0 unspecified atom stereocenters. The van der Waals surface area contributed by atoms with Crippen molar-refractivity contribution in [2.24, 2.45) is 0 Å². The summed E-state index contributed by atoms with van der Waals surface area (Å²) >= 11 is 11.5. The van der Waals surface area contributed by atoms with Gasteiger partial charge < -0.3 is 0 Å². The lowest BCUT2D eigenvalue weighted by Gasteiger charge is -1.99. The average Bonchev–Trinajstić information content (AvgIpc) is 2.32. The van der Waals surface area contributed by atoms with E-state index < -0.39 is 0 Å². The van der Waals surface area contributed by atoms with Crippen molar-refractivity contribution < 1.29 is 0 Å². The van der Waals surface area contributed by atoms with Gasteiger partial charge in [0.25, 0.3) is 0 Å². The predicted molar refractivity (Wildman–Crippen MR) is 66.6 cm³/mol. The largest absolute Gasteiger partial charge is 0.265 e. The van der Waals surface area contributed by atoms with E-state index in [1.165, 1.54) is 6.07 Å². The van der Waals surface area contributed by atoms with Crippen LogP contribution in [0.1, 0.15) is 13.8 Å². The summed E-state index contributed by atoms with van der Waals surface area (Å²) in [5, 5.41) is 0.661. The summed E-state index contributed by atoms with van der Waals surface area (Å²) in [7, 11) is 0. The number of hydrogen-bond acceptors (Lipinski definition) is 3. The first-order chi connectivity index (χ1) is 7.75. The van der Waals surface area contributed by atoms with Gasteiger partial charge in [0, 0.05) is 24.0 Å². The van der Waals surface area contributed by atoms with Crippen LogP contribution in [0.3, 0.4) is 0 Å². The molecule has 0 N–H and O–H groups in total. The van der Waals surface area contributed by atoms with Crippen molar-refractivity contribution in [3.05, 3.63) is 40.9 Å². The maximum Gasteiger partial charge on any atom is 0.162 e. The molecular formula is C11H11Cl2N3. The molecule has 0 aliphatic carbocycles. The predicted octanol–water partition coefficient (Wildman–Crippen LogP) is 3.87. The third-order valence-electron chi connectivity index (χ3n) is 1.60. The molecule has 0 aliphatic heterocycles. The Balaban J connectivity index is 0.000000606. The Morgan fingerprint density at radius 3 is 1.94 bits per heavy atom. The van der Waals surface area contributed by atoms with Gasteiger partial charge in [-0.05, 0) is 12.1 Å². The Labute approximate surface area is 104 Å². The van der Waals surface area contributed by atoms with Crippen molar-refractivity contribution >= 4 is 23.2 Å². The van der Waals surface area contributed by atoms with E-state index in [9.17, 15) is 0 Å². The lowest BCUT2D eigenvalue weighted by atomic mass is 10.2. The van der Waals surface area contributed by atoms with Crippen molar-refractivity contribution in [1.29, 1.82) is 0 Å². The zero-order valence-electron chi connectivity index (χ0n) is 8.98. The maximum absolute atomic E-state index is 5.75. The fraction of sp³-hybridized carbons (Fsp3) is 0.182. The van der Waals surface area contributed by atoms with Crippen molar-refractivity contribution in [3.8, 4) is 11.4 Å². The number of rotatable bonds is 1. The van der Waals surface area contributed by atoms with E-state index in [1.807, 2.05) is 13.8 Å². The molecule has 0 saturated heterocycles. The van der Waals surface area contributed by atoms with Crippen LogP contribution in [0, 0.1) is 0 Å². The van der Waals surface area contributed by atoms with E-state index in [2.05, 4.69) is 15.0 Å². The van der Waals surface area contributed by atoms with Crippen molar-refractivity contribution in [1.82, 2.24) is 15.0 Å². The van der Waals surface area contributed by atoms with Gasteiger partial charge in [-0.2, -0.15) is 0 Å². The van der Waals surface area contributed by atoms with Gasteiger partial charge in [0.05, 0.1) is 0 Å². The lowest BCUT2D eigenvalue weighted by molar-refractivity contribution is 1.17. The van der Waals surface area contributed by atoms with Crippen LogP contribution in [0.15, 0.2) is 30.6 Å². The summed E-state index contributed by atoms with van der Waals surface area (Å²) in [5.74, 6) is 0.505. The van der Waals surface area contributed by atoms with Crippen molar-refractivity contribution in [2.75, 3.05) is 0 Å². The molecule has 16 heavy (non-hydrogen) atoms. The van der Waals surface area contributed by atoms with Gasteiger partial charge >= 0.3 is 0 Å². The van der Waals surface area contributed by atoms with Crippen LogP contribution in [0.4, 0.5) is 0 Å². The Kier molecular flexibility index (Phi) is 5.15. The molecule has 0 atom stereocenters. The van der Waals surface area contributed by atoms with Crippen molar-refractivity contribution in [3.63, 3.8) is 0 Å². The smallest absolute Gasteiger partial charge is 0.162 e. The van der Waals surface area contributed by atoms with Crippen LogP contribution in [0.2, 0.25) is 10.3 Å². The number of halogens is 2. The summed E-state index contributed by atoms with van der Waals surface area (Å²) < 4.78 is 0. The SMILES string of the molecule is CC.Clc1cc(Cl)nc(-c2ccncc2)n1. The highest BCUT2D eigenvalue weighted by molar-refractivity contribution is 6.33. The number of nitrogens with zero attached hydrogens (tertiary/aromatic N) is 3. The van der Waals surface area contributed by atoms with Gasteiger partial charge in [-0.15, -0.1) is 0 Å². The van der Waals surface area contributed by atoms with Crippen LogP contribution in [-0.2, 0) is 0 Å². The third-order valence-corrected chi connectivity index (χ3v) is 1.99. The second-order valence-corrected chi connectivity index (χ2v) is 3.35. The Hall–Kier alpha value is -1.19. The number of pyridine rings is 1. The van der Waals surface area contributed by atoms with E-state index in [4.69, 9.17) is 23.2 Å². The minimum atomic E-state index is 0.330. The molecule has 2 heterocycles. The van der Waals surface area contributed by atoms with Gasteiger partial charge in [-0.3, -0.25) is 4.98 Å². The van der Waals surface area contributed by atoms with Gasteiger partial charge in [-0.25, -0.2) is 9.97 Å². The summed E-state index contributed by atoms with van der Waals surface area (Å²) in [5.41, 5.74) is 0.837. The molecule has 2 aromatic heterocycles. The van der Waals surface area contributed by atoms with Crippen LogP contribution in [-0.4, -0.2) is 15.0 Å². The van der Waals surface area contributed by atoms with Crippen LogP contribution < -0.4 is 0 Å². The summed E-state index contributed by atoms with van der Waals surface area (Å²) in [6, 6.07) is 5.08. The highest BCUT2D eigenvalue weighted by Gasteiger charge is 2.03. The summed E-state index contributed by atoms with van der Waals surface area (Å²) in [4.78, 5) is 12.0. The van der Waals surface area contributed by atoms with Gasteiger partial charge in [0.1, 0.15) is 10.3 Å². The Bertz CT molecular complexity index is 426. The molecule has 0 amide bonds. The van der Waals surface area contributed by atoms with E-state index in [-0.39, 0.29) is 0 Å². The van der Waals surface area contributed by atoms with E-state index in [0.29, 0.717) is 16.1 Å². The van der Waals surface area contributed by atoms with Crippen LogP contribution >= 0.6 is 23.2 Å². The molecule has 84 valence electrons. The first-order valence-electron chi connectivity index (χ1n) is 4.86. The quantitative estimate of drug-likeness (QED) is 0.727. The molecule has 0 saturated carbocycles. The fourth-order valence-electron chi connectivity index (χ4n) is 1.02. The highest BCUT2D eigenvalue weighted by atomic mass is 35.5.